The second kappa shape index (κ2) is 9.43. The Morgan fingerprint density at radius 2 is 1.78 bits per heavy atom. The van der Waals surface area contributed by atoms with E-state index in [0.29, 0.717) is 44.1 Å². The topological polar surface area (TPSA) is 72.0 Å². The van der Waals surface area contributed by atoms with Crippen LogP contribution in [0.1, 0.15) is 11.3 Å². The molecule has 1 aliphatic heterocycles. The summed E-state index contributed by atoms with van der Waals surface area (Å²) in [5.41, 5.74) is 2.00. The van der Waals surface area contributed by atoms with Crippen LogP contribution in [0, 0.1) is 5.82 Å². The third-order valence-corrected chi connectivity index (χ3v) is 8.16. The Balaban J connectivity index is 1.40. The first-order valence-electron chi connectivity index (χ1n) is 10.1. The van der Waals surface area contributed by atoms with Crippen LogP contribution in [0.5, 0.6) is 11.5 Å². The number of nitrogens with zero attached hydrogens (tertiary/aromatic N) is 3. The fourth-order valence-electron chi connectivity index (χ4n) is 3.62. The molecule has 0 amide bonds. The summed E-state index contributed by atoms with van der Waals surface area (Å²) in [4.78, 5) is 6.81. The molecule has 1 saturated heterocycles. The maximum absolute atomic E-state index is 13.5. The normalized spacial score (nSPS) is 15.0. The first kappa shape index (κ1) is 22.5. The largest absolute Gasteiger partial charge is 0.493 e. The van der Waals surface area contributed by atoms with Crippen molar-refractivity contribution in [2.75, 3.05) is 45.3 Å². The Hall–Kier alpha value is -2.69. The van der Waals surface area contributed by atoms with Crippen LogP contribution in [0.25, 0.3) is 0 Å². The number of methoxy groups -OCH3 is 2. The van der Waals surface area contributed by atoms with Gasteiger partial charge in [0.25, 0.3) is 0 Å². The minimum Gasteiger partial charge on any atom is -0.493 e. The van der Waals surface area contributed by atoms with Gasteiger partial charge >= 0.3 is 0 Å². The molecule has 0 N–H and O–H groups in total. The lowest BCUT2D eigenvalue weighted by Gasteiger charge is -2.33. The van der Waals surface area contributed by atoms with Crippen molar-refractivity contribution in [3.05, 3.63) is 64.9 Å². The number of halogens is 1. The zero-order valence-electron chi connectivity index (χ0n) is 17.8. The van der Waals surface area contributed by atoms with Gasteiger partial charge in [0.05, 0.1) is 24.8 Å². The molecule has 1 fully saturated rings. The summed E-state index contributed by atoms with van der Waals surface area (Å²) in [5, 5.41) is 2.88. The van der Waals surface area contributed by atoms with E-state index in [2.05, 4.69) is 4.90 Å². The third kappa shape index (κ3) is 4.72. The second-order valence-corrected chi connectivity index (χ2v) is 10.1. The van der Waals surface area contributed by atoms with Gasteiger partial charge in [-0.1, -0.05) is 12.1 Å². The molecule has 2 heterocycles. The number of anilines is 1. The standard InChI is InChI=1S/C22H24FN3O4S2/c1-29-20-7-6-16(13-21(20)30-2)12-18-15-31-22(24-18)25-8-10-26(11-9-25)32(27,28)19-5-3-4-17(23)14-19/h3-7,13-15H,8-12H2,1-2H3. The van der Waals surface area contributed by atoms with Crippen LogP contribution in [0.15, 0.2) is 52.7 Å². The molecule has 2 aromatic carbocycles. The highest BCUT2D eigenvalue weighted by molar-refractivity contribution is 7.89. The highest BCUT2D eigenvalue weighted by Gasteiger charge is 2.29. The summed E-state index contributed by atoms with van der Waals surface area (Å²) in [6.07, 6.45) is 0.658. The molecular formula is C22H24FN3O4S2. The molecule has 0 spiro atoms. The highest BCUT2D eigenvalue weighted by Crippen LogP contribution is 2.30. The molecule has 10 heteroatoms. The van der Waals surface area contributed by atoms with Crippen LogP contribution in [0.2, 0.25) is 0 Å². The number of piperazine rings is 1. The Morgan fingerprint density at radius 3 is 2.47 bits per heavy atom. The molecule has 170 valence electrons. The summed E-state index contributed by atoms with van der Waals surface area (Å²) in [6, 6.07) is 10.9. The van der Waals surface area contributed by atoms with Crippen LogP contribution in [-0.2, 0) is 16.4 Å². The minimum absolute atomic E-state index is 0.0163. The van der Waals surface area contributed by atoms with E-state index in [1.54, 1.807) is 25.6 Å². The lowest BCUT2D eigenvalue weighted by atomic mass is 10.1. The van der Waals surface area contributed by atoms with Crippen molar-refractivity contribution < 1.29 is 22.3 Å². The van der Waals surface area contributed by atoms with Gasteiger partial charge in [0.1, 0.15) is 5.82 Å². The average molecular weight is 478 g/mol. The van der Waals surface area contributed by atoms with Gasteiger partial charge in [0, 0.05) is 38.0 Å². The van der Waals surface area contributed by atoms with E-state index in [0.717, 1.165) is 22.5 Å². The molecule has 32 heavy (non-hydrogen) atoms. The Bertz CT molecular complexity index is 1190. The summed E-state index contributed by atoms with van der Waals surface area (Å²) in [5.74, 6) is 0.798. The molecule has 0 aliphatic carbocycles. The number of aromatic nitrogens is 1. The van der Waals surface area contributed by atoms with Crippen LogP contribution in [0.3, 0.4) is 0 Å². The number of sulfonamides is 1. The number of hydrogen-bond acceptors (Lipinski definition) is 7. The van der Waals surface area contributed by atoms with Crippen LogP contribution < -0.4 is 14.4 Å². The minimum atomic E-state index is -3.71. The van der Waals surface area contributed by atoms with E-state index in [9.17, 15) is 12.8 Å². The second-order valence-electron chi connectivity index (χ2n) is 7.34. The SMILES string of the molecule is COc1ccc(Cc2csc(N3CCN(S(=O)(=O)c4cccc(F)c4)CC3)n2)cc1OC. The van der Waals surface area contributed by atoms with Crippen molar-refractivity contribution in [3.8, 4) is 11.5 Å². The fourth-order valence-corrected chi connectivity index (χ4v) is 5.95. The van der Waals surface area contributed by atoms with Crippen LogP contribution in [0.4, 0.5) is 9.52 Å². The highest BCUT2D eigenvalue weighted by atomic mass is 32.2. The number of benzene rings is 2. The van der Waals surface area contributed by atoms with E-state index < -0.39 is 15.8 Å². The number of ether oxygens (including phenoxy) is 2. The molecule has 0 radical (unpaired) electrons. The summed E-state index contributed by atoms with van der Waals surface area (Å²) < 4.78 is 51.1. The Labute approximate surface area is 191 Å². The number of rotatable bonds is 7. The van der Waals surface area contributed by atoms with Crippen LogP contribution >= 0.6 is 11.3 Å². The zero-order valence-corrected chi connectivity index (χ0v) is 19.5. The van der Waals surface area contributed by atoms with Crippen molar-refractivity contribution in [1.82, 2.24) is 9.29 Å². The van der Waals surface area contributed by atoms with Crippen LogP contribution in [-0.4, -0.2) is 58.1 Å². The molecule has 4 rings (SSSR count). The van der Waals surface area contributed by atoms with E-state index in [1.165, 1.54) is 22.5 Å². The predicted molar refractivity (Wildman–Crippen MR) is 122 cm³/mol. The van der Waals surface area contributed by atoms with Crippen molar-refractivity contribution in [1.29, 1.82) is 0 Å². The quantitative estimate of drug-likeness (QED) is 0.520. The van der Waals surface area contributed by atoms with E-state index in [1.807, 2.05) is 23.6 Å². The van der Waals surface area contributed by atoms with Crippen molar-refractivity contribution in [2.45, 2.75) is 11.3 Å². The van der Waals surface area contributed by atoms with Gasteiger partial charge in [-0.05, 0) is 35.9 Å². The predicted octanol–water partition coefficient (Wildman–Crippen LogP) is 3.40. The summed E-state index contributed by atoms with van der Waals surface area (Å²) >= 11 is 1.54. The fraction of sp³-hybridized carbons (Fsp3) is 0.318. The molecule has 0 saturated carbocycles. The Morgan fingerprint density at radius 1 is 1.03 bits per heavy atom. The van der Waals surface area contributed by atoms with Gasteiger partial charge in [0.15, 0.2) is 16.6 Å². The molecule has 0 unspecified atom stereocenters. The average Bonchev–Trinajstić information content (AvgIpc) is 3.27. The van der Waals surface area contributed by atoms with Crippen molar-refractivity contribution in [3.63, 3.8) is 0 Å². The van der Waals surface area contributed by atoms with E-state index >= 15 is 0 Å². The van der Waals surface area contributed by atoms with Gasteiger partial charge < -0.3 is 14.4 Å². The third-order valence-electron chi connectivity index (χ3n) is 5.32. The van der Waals surface area contributed by atoms with Gasteiger partial charge in [-0.25, -0.2) is 17.8 Å². The first-order chi connectivity index (χ1) is 15.4. The van der Waals surface area contributed by atoms with Crippen molar-refractivity contribution in [2.24, 2.45) is 0 Å². The lowest BCUT2D eigenvalue weighted by molar-refractivity contribution is 0.354. The summed E-state index contributed by atoms with van der Waals surface area (Å²) in [6.45, 7) is 1.70. The molecule has 0 atom stereocenters. The zero-order chi connectivity index (χ0) is 22.7. The van der Waals surface area contributed by atoms with E-state index in [4.69, 9.17) is 14.5 Å². The lowest BCUT2D eigenvalue weighted by Crippen LogP contribution is -2.48. The molecular weight excluding hydrogens is 453 g/mol. The monoisotopic (exact) mass is 477 g/mol. The van der Waals surface area contributed by atoms with Gasteiger partial charge in [-0.15, -0.1) is 11.3 Å². The van der Waals surface area contributed by atoms with Gasteiger partial charge in [0.2, 0.25) is 10.0 Å². The molecule has 1 aromatic heterocycles. The van der Waals surface area contributed by atoms with Gasteiger partial charge in [-0.2, -0.15) is 4.31 Å². The molecule has 0 bridgehead atoms. The molecule has 7 nitrogen and oxygen atoms in total. The van der Waals surface area contributed by atoms with E-state index in [-0.39, 0.29) is 4.90 Å². The molecule has 3 aromatic rings. The van der Waals surface area contributed by atoms with Gasteiger partial charge in [-0.3, -0.25) is 0 Å². The maximum Gasteiger partial charge on any atom is 0.243 e. The molecule has 1 aliphatic rings. The Kier molecular flexibility index (Phi) is 6.63. The number of thiazole rings is 1. The first-order valence-corrected chi connectivity index (χ1v) is 12.4. The maximum atomic E-state index is 13.5. The smallest absolute Gasteiger partial charge is 0.243 e. The summed E-state index contributed by atoms with van der Waals surface area (Å²) in [7, 11) is -0.498. The van der Waals surface area contributed by atoms with Crippen molar-refractivity contribution >= 4 is 26.5 Å². The number of hydrogen-bond donors (Lipinski definition) is 0.